The Labute approximate surface area is 188 Å². The average molecular weight is 488 g/mol. The zero-order valence-electron chi connectivity index (χ0n) is 16.4. The van der Waals surface area contributed by atoms with Gasteiger partial charge >= 0.3 is 0 Å². The summed E-state index contributed by atoms with van der Waals surface area (Å²) in [5.41, 5.74) is -0.414. The van der Waals surface area contributed by atoms with E-state index in [0.29, 0.717) is 5.02 Å². The first-order valence-corrected chi connectivity index (χ1v) is 11.1. The minimum Gasteiger partial charge on any atom is -0.506 e. The number of phenolic OH excluding ortho intramolecular Hbond substituents is 1. The standard InChI is InChI=1S/C19H19Cl2N3O6S/c1-3-17(31(29,30)12-6-4-11(20)5-7-12)19(27)22-14-9-16(25)15(8-13(14)21)23-18(26)10(2)24-28/h4-9,17,25,28H,3H2,1-2H3,(H,22,27)(H,23,26)/b24-10+. The third-order valence-electron chi connectivity index (χ3n) is 4.25. The number of hydrogen-bond donors (Lipinski definition) is 4. The fourth-order valence-electron chi connectivity index (χ4n) is 2.56. The maximum atomic E-state index is 12.9. The number of nitrogens with zero attached hydrogens (tertiary/aromatic N) is 1. The number of oxime groups is 1. The van der Waals surface area contributed by atoms with Crippen molar-refractivity contribution in [3.63, 3.8) is 0 Å². The van der Waals surface area contributed by atoms with E-state index in [4.69, 9.17) is 28.4 Å². The van der Waals surface area contributed by atoms with Crippen LogP contribution in [0.25, 0.3) is 0 Å². The molecule has 0 aromatic heterocycles. The number of amides is 2. The van der Waals surface area contributed by atoms with Gasteiger partial charge in [0.15, 0.2) is 9.84 Å². The molecule has 0 aliphatic rings. The highest BCUT2D eigenvalue weighted by Gasteiger charge is 2.33. The van der Waals surface area contributed by atoms with Gasteiger partial charge in [0.05, 0.1) is 21.3 Å². The number of carbonyl (C=O) groups is 2. The molecule has 0 heterocycles. The number of hydrogen-bond acceptors (Lipinski definition) is 7. The number of phenols is 1. The van der Waals surface area contributed by atoms with E-state index in [1.165, 1.54) is 31.2 Å². The Hall–Kier alpha value is -2.82. The molecule has 0 bridgehead atoms. The van der Waals surface area contributed by atoms with Gasteiger partial charge in [-0.25, -0.2) is 8.42 Å². The summed E-state index contributed by atoms with van der Waals surface area (Å²) in [6.07, 6.45) is -0.0195. The molecule has 1 atom stereocenters. The van der Waals surface area contributed by atoms with Gasteiger partial charge in [-0.2, -0.15) is 0 Å². The summed E-state index contributed by atoms with van der Waals surface area (Å²) < 4.78 is 25.7. The van der Waals surface area contributed by atoms with Crippen LogP contribution in [0.4, 0.5) is 11.4 Å². The van der Waals surface area contributed by atoms with Gasteiger partial charge in [0, 0.05) is 11.1 Å². The second kappa shape index (κ2) is 9.99. The summed E-state index contributed by atoms with van der Waals surface area (Å²) in [5.74, 6) is -2.09. The molecule has 0 radical (unpaired) electrons. The molecular weight excluding hydrogens is 469 g/mol. The number of aromatic hydroxyl groups is 1. The third-order valence-corrected chi connectivity index (χ3v) is 7.04. The largest absolute Gasteiger partial charge is 0.506 e. The van der Waals surface area contributed by atoms with E-state index in [2.05, 4.69) is 15.8 Å². The van der Waals surface area contributed by atoms with E-state index in [0.717, 1.165) is 12.1 Å². The normalized spacial score (nSPS) is 12.8. The zero-order chi connectivity index (χ0) is 23.3. The fourth-order valence-corrected chi connectivity index (χ4v) is 4.52. The number of sulfone groups is 1. The molecular formula is C19H19Cl2N3O6S. The Balaban J connectivity index is 2.28. The lowest BCUT2D eigenvalue weighted by atomic mass is 10.2. The molecule has 4 N–H and O–H groups in total. The Morgan fingerprint density at radius 2 is 1.71 bits per heavy atom. The minimum atomic E-state index is -4.02. The van der Waals surface area contributed by atoms with Gasteiger partial charge in [0.1, 0.15) is 16.7 Å². The van der Waals surface area contributed by atoms with Crippen molar-refractivity contribution in [1.82, 2.24) is 0 Å². The smallest absolute Gasteiger partial charge is 0.273 e. The SMILES string of the molecule is CCC(C(=O)Nc1cc(O)c(NC(=O)/C(C)=N/O)cc1Cl)S(=O)(=O)c1ccc(Cl)cc1. The van der Waals surface area contributed by atoms with Gasteiger partial charge in [0.2, 0.25) is 5.91 Å². The molecule has 0 fully saturated rings. The lowest BCUT2D eigenvalue weighted by molar-refractivity contribution is -0.116. The predicted molar refractivity (Wildman–Crippen MR) is 118 cm³/mol. The summed E-state index contributed by atoms with van der Waals surface area (Å²) >= 11 is 11.9. The van der Waals surface area contributed by atoms with Crippen LogP contribution in [-0.4, -0.2) is 41.5 Å². The molecule has 12 heteroatoms. The van der Waals surface area contributed by atoms with Gasteiger partial charge in [0.25, 0.3) is 5.91 Å². The number of benzene rings is 2. The van der Waals surface area contributed by atoms with Gasteiger partial charge < -0.3 is 20.9 Å². The highest BCUT2D eigenvalue weighted by atomic mass is 35.5. The fraction of sp³-hybridized carbons (Fsp3) is 0.211. The Bertz CT molecular complexity index is 1130. The van der Waals surface area contributed by atoms with Crippen molar-refractivity contribution in [3.05, 3.63) is 46.4 Å². The highest BCUT2D eigenvalue weighted by molar-refractivity contribution is 7.92. The van der Waals surface area contributed by atoms with Crippen LogP contribution in [0.15, 0.2) is 46.4 Å². The molecule has 0 aliphatic heterocycles. The monoisotopic (exact) mass is 487 g/mol. The first-order valence-electron chi connectivity index (χ1n) is 8.84. The van der Waals surface area contributed by atoms with Crippen LogP contribution < -0.4 is 10.6 Å². The molecule has 1 unspecified atom stereocenters. The molecule has 9 nitrogen and oxygen atoms in total. The van der Waals surface area contributed by atoms with Gasteiger partial charge in [-0.05, 0) is 43.7 Å². The van der Waals surface area contributed by atoms with Crippen molar-refractivity contribution < 1.29 is 28.3 Å². The Kier molecular flexibility index (Phi) is 7.88. The Morgan fingerprint density at radius 1 is 1.10 bits per heavy atom. The Morgan fingerprint density at radius 3 is 2.26 bits per heavy atom. The van der Waals surface area contributed by atoms with Crippen LogP contribution in [0.2, 0.25) is 10.0 Å². The molecule has 2 rings (SSSR count). The van der Waals surface area contributed by atoms with Crippen LogP contribution in [0.5, 0.6) is 5.75 Å². The van der Waals surface area contributed by atoms with Crippen LogP contribution in [0.3, 0.4) is 0 Å². The molecule has 31 heavy (non-hydrogen) atoms. The van der Waals surface area contributed by atoms with E-state index >= 15 is 0 Å². The second-order valence-electron chi connectivity index (χ2n) is 6.37. The van der Waals surface area contributed by atoms with Crippen molar-refractivity contribution >= 4 is 61.9 Å². The summed E-state index contributed by atoms with van der Waals surface area (Å²) in [7, 11) is -4.02. The summed E-state index contributed by atoms with van der Waals surface area (Å²) in [6, 6.07) is 7.64. The van der Waals surface area contributed by atoms with Crippen molar-refractivity contribution in [3.8, 4) is 5.75 Å². The third kappa shape index (κ3) is 5.66. The van der Waals surface area contributed by atoms with Gasteiger partial charge in [-0.1, -0.05) is 35.3 Å². The maximum Gasteiger partial charge on any atom is 0.273 e. The van der Waals surface area contributed by atoms with E-state index in [1.807, 2.05) is 0 Å². The number of carbonyl (C=O) groups excluding carboxylic acids is 2. The summed E-state index contributed by atoms with van der Waals surface area (Å²) in [5, 5.41) is 25.0. The average Bonchev–Trinajstić information content (AvgIpc) is 2.71. The summed E-state index contributed by atoms with van der Waals surface area (Å²) in [6.45, 7) is 2.79. The maximum absolute atomic E-state index is 12.9. The molecule has 0 aliphatic carbocycles. The minimum absolute atomic E-state index is 0.0195. The van der Waals surface area contributed by atoms with E-state index in [9.17, 15) is 23.1 Å². The van der Waals surface area contributed by atoms with Crippen molar-refractivity contribution in [2.24, 2.45) is 5.16 Å². The van der Waals surface area contributed by atoms with Crippen LogP contribution in [0.1, 0.15) is 20.3 Å². The number of rotatable bonds is 7. The topological polar surface area (TPSA) is 145 Å². The van der Waals surface area contributed by atoms with E-state index in [1.54, 1.807) is 6.92 Å². The van der Waals surface area contributed by atoms with Crippen LogP contribution >= 0.6 is 23.2 Å². The van der Waals surface area contributed by atoms with Crippen molar-refractivity contribution in [2.45, 2.75) is 30.4 Å². The second-order valence-corrected chi connectivity index (χ2v) is 9.35. The van der Waals surface area contributed by atoms with Gasteiger partial charge in [-0.3, -0.25) is 9.59 Å². The molecule has 0 saturated heterocycles. The van der Waals surface area contributed by atoms with Crippen molar-refractivity contribution in [2.75, 3.05) is 10.6 Å². The predicted octanol–water partition coefficient (Wildman–Crippen LogP) is 3.68. The molecule has 2 amide bonds. The molecule has 166 valence electrons. The van der Waals surface area contributed by atoms with E-state index < -0.39 is 32.7 Å². The lowest BCUT2D eigenvalue weighted by Crippen LogP contribution is -2.34. The number of nitrogens with one attached hydrogen (secondary N) is 2. The first kappa shape index (κ1) is 24.4. The van der Waals surface area contributed by atoms with Crippen molar-refractivity contribution in [1.29, 1.82) is 0 Å². The molecule has 2 aromatic carbocycles. The zero-order valence-corrected chi connectivity index (χ0v) is 18.7. The molecule has 2 aromatic rings. The van der Waals surface area contributed by atoms with Crippen LogP contribution in [-0.2, 0) is 19.4 Å². The van der Waals surface area contributed by atoms with Crippen LogP contribution in [0, 0.1) is 0 Å². The number of anilines is 2. The molecule has 0 spiro atoms. The van der Waals surface area contributed by atoms with Gasteiger partial charge in [-0.15, -0.1) is 0 Å². The highest BCUT2D eigenvalue weighted by Crippen LogP contribution is 2.34. The summed E-state index contributed by atoms with van der Waals surface area (Å²) in [4.78, 5) is 24.4. The quantitative estimate of drug-likeness (QED) is 0.203. The van der Waals surface area contributed by atoms with E-state index in [-0.39, 0.29) is 33.4 Å². The number of halogens is 2. The lowest BCUT2D eigenvalue weighted by Gasteiger charge is -2.17. The first-order chi connectivity index (χ1) is 14.5. The molecule has 0 saturated carbocycles.